The van der Waals surface area contributed by atoms with E-state index in [0.29, 0.717) is 35.2 Å². The molecule has 0 unspecified atom stereocenters. The van der Waals surface area contributed by atoms with Crippen LogP contribution in [0.4, 0.5) is 0 Å². The Balaban J connectivity index is 2.26. The molecule has 1 amide bonds. The summed E-state index contributed by atoms with van der Waals surface area (Å²) in [5, 5.41) is 3.47. The number of carbonyl (C=O) groups is 1. The summed E-state index contributed by atoms with van der Waals surface area (Å²) in [6.07, 6.45) is 0.630. The molecule has 2 rings (SSSR count). The molecule has 0 radical (unpaired) electrons. The van der Waals surface area contributed by atoms with Crippen molar-refractivity contribution in [2.45, 2.75) is 17.9 Å². The number of nitrogens with one attached hydrogen (secondary N) is 1. The van der Waals surface area contributed by atoms with Gasteiger partial charge in [0, 0.05) is 41.3 Å². The molecule has 0 aliphatic carbocycles. The number of ether oxygens (including phenoxy) is 1. The highest BCUT2D eigenvalue weighted by Crippen LogP contribution is 2.25. The summed E-state index contributed by atoms with van der Waals surface area (Å²) in [7, 11) is -2.36. The van der Waals surface area contributed by atoms with Gasteiger partial charge < -0.3 is 10.1 Å². The molecular formula is C19H21BrCl2N2O4S. The Morgan fingerprint density at radius 3 is 2.48 bits per heavy atom. The third-order valence-electron chi connectivity index (χ3n) is 3.98. The van der Waals surface area contributed by atoms with Crippen LogP contribution in [-0.4, -0.2) is 45.4 Å². The van der Waals surface area contributed by atoms with Gasteiger partial charge >= 0.3 is 0 Å². The molecule has 0 fully saturated rings. The lowest BCUT2D eigenvalue weighted by Crippen LogP contribution is -2.40. The van der Waals surface area contributed by atoms with Gasteiger partial charge in [0.25, 0.3) is 0 Å². The monoisotopic (exact) mass is 522 g/mol. The van der Waals surface area contributed by atoms with Crippen molar-refractivity contribution in [2.24, 2.45) is 0 Å². The normalized spacial score (nSPS) is 11.6. The molecule has 29 heavy (non-hydrogen) atoms. The molecule has 158 valence electrons. The Hall–Kier alpha value is -1.16. The number of rotatable bonds is 10. The second-order valence-corrected chi connectivity index (χ2v) is 9.86. The van der Waals surface area contributed by atoms with Gasteiger partial charge in [-0.3, -0.25) is 4.79 Å². The molecule has 0 saturated carbocycles. The minimum Gasteiger partial charge on any atom is -0.385 e. The second kappa shape index (κ2) is 11.3. The highest BCUT2D eigenvalue weighted by atomic mass is 79.9. The molecule has 0 spiro atoms. The van der Waals surface area contributed by atoms with Crippen LogP contribution < -0.4 is 5.32 Å². The van der Waals surface area contributed by atoms with E-state index in [-0.39, 0.29) is 18.0 Å². The van der Waals surface area contributed by atoms with Gasteiger partial charge in [-0.25, -0.2) is 8.42 Å². The van der Waals surface area contributed by atoms with Crippen LogP contribution >= 0.6 is 39.1 Å². The predicted molar refractivity (Wildman–Crippen MR) is 118 cm³/mol. The lowest BCUT2D eigenvalue weighted by molar-refractivity contribution is -0.121. The second-order valence-electron chi connectivity index (χ2n) is 6.16. The standard InChI is InChI=1S/C19H21BrCl2N2O4S/c1-28-10-2-9-23-19(25)13-24(12-14-3-6-16(21)11-18(14)22)29(26,27)17-7-4-15(20)5-8-17/h3-8,11H,2,9-10,12-13H2,1H3,(H,23,25). The molecule has 1 N–H and O–H groups in total. The molecule has 0 aliphatic rings. The first-order valence-electron chi connectivity index (χ1n) is 8.69. The average Bonchev–Trinajstić information content (AvgIpc) is 2.67. The number of nitrogens with zero attached hydrogens (tertiary/aromatic N) is 1. The average molecular weight is 524 g/mol. The van der Waals surface area contributed by atoms with Gasteiger partial charge in [0.2, 0.25) is 15.9 Å². The van der Waals surface area contributed by atoms with E-state index in [1.165, 1.54) is 18.2 Å². The SMILES string of the molecule is COCCCNC(=O)CN(Cc1ccc(Cl)cc1Cl)S(=O)(=O)c1ccc(Br)cc1. The van der Waals surface area contributed by atoms with E-state index < -0.39 is 15.9 Å². The van der Waals surface area contributed by atoms with Crippen molar-refractivity contribution in [1.82, 2.24) is 9.62 Å². The first kappa shape index (κ1) is 24.1. The predicted octanol–water partition coefficient (Wildman–Crippen LogP) is 4.10. The highest BCUT2D eigenvalue weighted by Gasteiger charge is 2.27. The summed E-state index contributed by atoms with van der Waals surface area (Å²) >= 11 is 15.4. The molecule has 10 heteroatoms. The first-order valence-corrected chi connectivity index (χ1v) is 11.7. The zero-order valence-electron chi connectivity index (χ0n) is 15.7. The van der Waals surface area contributed by atoms with Crippen molar-refractivity contribution >= 4 is 55.1 Å². The van der Waals surface area contributed by atoms with Crippen LogP contribution in [-0.2, 0) is 26.1 Å². The smallest absolute Gasteiger partial charge is 0.243 e. The Kier molecular flexibility index (Phi) is 9.39. The third-order valence-corrected chi connectivity index (χ3v) is 6.90. The zero-order chi connectivity index (χ0) is 21.4. The maximum absolute atomic E-state index is 13.2. The maximum Gasteiger partial charge on any atom is 0.243 e. The van der Waals surface area contributed by atoms with Crippen molar-refractivity contribution < 1.29 is 17.9 Å². The quantitative estimate of drug-likeness (QED) is 0.476. The lowest BCUT2D eigenvalue weighted by atomic mass is 10.2. The van der Waals surface area contributed by atoms with Crippen molar-refractivity contribution in [1.29, 1.82) is 0 Å². The number of sulfonamides is 1. The van der Waals surface area contributed by atoms with Gasteiger partial charge in [0.05, 0.1) is 11.4 Å². The van der Waals surface area contributed by atoms with Crippen LogP contribution in [0.1, 0.15) is 12.0 Å². The van der Waals surface area contributed by atoms with E-state index in [1.807, 2.05) is 0 Å². The molecule has 0 aliphatic heterocycles. The Labute approximate surface area is 189 Å². The summed E-state index contributed by atoms with van der Waals surface area (Å²) in [6, 6.07) is 11.0. The van der Waals surface area contributed by atoms with Crippen LogP contribution in [0.2, 0.25) is 10.0 Å². The molecule has 2 aromatic rings. The van der Waals surface area contributed by atoms with Gasteiger partial charge in [0.15, 0.2) is 0 Å². The largest absolute Gasteiger partial charge is 0.385 e. The lowest BCUT2D eigenvalue weighted by Gasteiger charge is -2.22. The maximum atomic E-state index is 13.2. The van der Waals surface area contributed by atoms with Crippen molar-refractivity contribution in [3.05, 3.63) is 62.5 Å². The van der Waals surface area contributed by atoms with E-state index in [4.69, 9.17) is 27.9 Å². The van der Waals surface area contributed by atoms with E-state index in [2.05, 4.69) is 21.2 Å². The van der Waals surface area contributed by atoms with Gasteiger partial charge in [-0.1, -0.05) is 45.2 Å². The zero-order valence-corrected chi connectivity index (χ0v) is 19.6. The van der Waals surface area contributed by atoms with Crippen molar-refractivity contribution in [3.8, 4) is 0 Å². The summed E-state index contributed by atoms with van der Waals surface area (Å²) in [4.78, 5) is 12.4. The molecule has 2 aromatic carbocycles. The molecule has 0 bridgehead atoms. The fourth-order valence-electron chi connectivity index (χ4n) is 2.48. The Morgan fingerprint density at radius 1 is 1.17 bits per heavy atom. The molecular weight excluding hydrogens is 503 g/mol. The van der Waals surface area contributed by atoms with E-state index in [0.717, 1.165) is 8.78 Å². The molecule has 6 nitrogen and oxygen atoms in total. The Morgan fingerprint density at radius 2 is 1.86 bits per heavy atom. The van der Waals surface area contributed by atoms with Gasteiger partial charge in [-0.05, 0) is 48.4 Å². The van der Waals surface area contributed by atoms with Crippen LogP contribution in [0.25, 0.3) is 0 Å². The topological polar surface area (TPSA) is 75.7 Å². The minimum atomic E-state index is -3.94. The number of halogens is 3. The number of benzene rings is 2. The number of hydrogen-bond donors (Lipinski definition) is 1. The summed E-state index contributed by atoms with van der Waals surface area (Å²) in [5.41, 5.74) is 0.545. The van der Waals surface area contributed by atoms with Gasteiger partial charge in [-0.2, -0.15) is 4.31 Å². The summed E-state index contributed by atoms with van der Waals surface area (Å²) < 4.78 is 33.1. The number of carbonyl (C=O) groups excluding carboxylic acids is 1. The molecule has 0 heterocycles. The summed E-state index contributed by atoms with van der Waals surface area (Å²) in [5.74, 6) is -0.410. The van der Waals surface area contributed by atoms with Gasteiger partial charge in [-0.15, -0.1) is 0 Å². The molecule has 0 aromatic heterocycles. The molecule has 0 saturated heterocycles. The van der Waals surface area contributed by atoms with Crippen LogP contribution in [0, 0.1) is 0 Å². The number of methoxy groups -OCH3 is 1. The van der Waals surface area contributed by atoms with Crippen LogP contribution in [0.15, 0.2) is 51.8 Å². The van der Waals surface area contributed by atoms with Gasteiger partial charge in [0.1, 0.15) is 0 Å². The highest BCUT2D eigenvalue weighted by molar-refractivity contribution is 9.10. The van der Waals surface area contributed by atoms with E-state index in [1.54, 1.807) is 31.4 Å². The van der Waals surface area contributed by atoms with Crippen molar-refractivity contribution in [2.75, 3.05) is 26.8 Å². The van der Waals surface area contributed by atoms with Crippen LogP contribution in [0.5, 0.6) is 0 Å². The fourth-order valence-corrected chi connectivity index (χ4v) is 4.59. The van der Waals surface area contributed by atoms with Crippen LogP contribution in [0.3, 0.4) is 0 Å². The number of hydrogen-bond acceptors (Lipinski definition) is 4. The van der Waals surface area contributed by atoms with E-state index in [9.17, 15) is 13.2 Å². The van der Waals surface area contributed by atoms with Crippen molar-refractivity contribution in [3.63, 3.8) is 0 Å². The Bertz CT molecular complexity index is 940. The fraction of sp³-hybridized carbons (Fsp3) is 0.316. The first-order chi connectivity index (χ1) is 13.7. The molecule has 0 atom stereocenters. The van der Waals surface area contributed by atoms with E-state index >= 15 is 0 Å². The number of amides is 1. The minimum absolute atomic E-state index is 0.0696. The third kappa shape index (κ3) is 7.24. The summed E-state index contributed by atoms with van der Waals surface area (Å²) in [6.45, 7) is 0.479.